The molecule has 98 valence electrons. The van der Waals surface area contributed by atoms with Crippen LogP contribution in [0.2, 0.25) is 5.02 Å². The van der Waals surface area contributed by atoms with E-state index in [0.717, 1.165) is 29.4 Å². The van der Waals surface area contributed by atoms with Gasteiger partial charge in [-0.1, -0.05) is 17.7 Å². The van der Waals surface area contributed by atoms with E-state index in [2.05, 4.69) is 15.3 Å². The van der Waals surface area contributed by atoms with Gasteiger partial charge in [0, 0.05) is 23.1 Å². The molecule has 1 N–H and O–H groups in total. The van der Waals surface area contributed by atoms with Crippen LogP contribution in [0, 0.1) is 5.82 Å². The molecule has 1 aromatic heterocycles. The zero-order chi connectivity index (χ0) is 13.2. The summed E-state index contributed by atoms with van der Waals surface area (Å²) in [6.07, 6.45) is 2.58. The summed E-state index contributed by atoms with van der Waals surface area (Å²) in [5, 5.41) is 6.43. The molecule has 0 aliphatic carbocycles. The molecule has 2 heterocycles. The van der Waals surface area contributed by atoms with Gasteiger partial charge in [0.25, 0.3) is 0 Å². The summed E-state index contributed by atoms with van der Waals surface area (Å²) in [6, 6.07) is 4.41. The fourth-order valence-electron chi connectivity index (χ4n) is 2.06. The van der Waals surface area contributed by atoms with E-state index in [4.69, 9.17) is 11.6 Å². The van der Waals surface area contributed by atoms with Gasteiger partial charge in [-0.2, -0.15) is 0 Å². The van der Waals surface area contributed by atoms with E-state index in [9.17, 15) is 4.39 Å². The lowest BCUT2D eigenvalue weighted by Gasteiger charge is -2.22. The molecule has 2 aromatic rings. The van der Waals surface area contributed by atoms with Crippen LogP contribution in [0.4, 0.5) is 4.39 Å². The molecule has 0 bridgehead atoms. The van der Waals surface area contributed by atoms with Gasteiger partial charge in [-0.25, -0.2) is 9.37 Å². The highest BCUT2D eigenvalue weighted by atomic mass is 35.5. The smallest absolute Gasteiger partial charge is 0.158 e. The third-order valence-corrected chi connectivity index (χ3v) is 4.06. The molecule has 0 unspecified atom stereocenters. The average Bonchev–Trinajstić information content (AvgIpc) is 2.93. The molecule has 1 aromatic carbocycles. The standard InChI is InChI=1S/C13H11ClFN3S/c14-10-7-8(15)1-2-9(10)11-3-4-16-12(18-11)13-17-5-6-19-13/h1-2,5-7,11H,3-4H2,(H,16,18)/t11-/m0/s1. The van der Waals surface area contributed by atoms with Crippen molar-refractivity contribution in [1.82, 2.24) is 10.3 Å². The SMILES string of the molecule is Fc1ccc([C@@H]2CCNC(c3nccs3)=N2)c(Cl)c1. The molecule has 0 radical (unpaired) electrons. The minimum absolute atomic E-state index is 0.0479. The molecule has 1 aliphatic rings. The van der Waals surface area contributed by atoms with Crippen molar-refractivity contribution in [2.75, 3.05) is 6.54 Å². The lowest BCUT2D eigenvalue weighted by Crippen LogP contribution is -2.31. The summed E-state index contributed by atoms with van der Waals surface area (Å²) in [5.74, 6) is 0.457. The van der Waals surface area contributed by atoms with Gasteiger partial charge >= 0.3 is 0 Å². The first-order valence-electron chi connectivity index (χ1n) is 5.90. The van der Waals surface area contributed by atoms with Crippen LogP contribution >= 0.6 is 22.9 Å². The Balaban J connectivity index is 1.94. The molecule has 0 fully saturated rings. The number of aromatic nitrogens is 1. The van der Waals surface area contributed by atoms with E-state index in [1.807, 2.05) is 5.38 Å². The Kier molecular flexibility index (Phi) is 3.48. The second kappa shape index (κ2) is 5.27. The summed E-state index contributed by atoms with van der Waals surface area (Å²) < 4.78 is 13.1. The quantitative estimate of drug-likeness (QED) is 0.922. The Bertz CT molecular complexity index is 612. The molecule has 1 atom stereocenters. The van der Waals surface area contributed by atoms with Crippen molar-refractivity contribution in [3.63, 3.8) is 0 Å². The number of thiazole rings is 1. The zero-order valence-electron chi connectivity index (χ0n) is 9.94. The van der Waals surface area contributed by atoms with Crippen LogP contribution in [0.25, 0.3) is 0 Å². The van der Waals surface area contributed by atoms with Crippen LogP contribution in [-0.2, 0) is 0 Å². The third kappa shape index (κ3) is 2.62. The highest BCUT2D eigenvalue weighted by molar-refractivity contribution is 7.11. The van der Waals surface area contributed by atoms with Gasteiger partial charge in [-0.3, -0.25) is 4.99 Å². The molecule has 0 amide bonds. The third-order valence-electron chi connectivity index (χ3n) is 2.95. The van der Waals surface area contributed by atoms with Crippen LogP contribution < -0.4 is 5.32 Å². The van der Waals surface area contributed by atoms with Gasteiger partial charge in [0.1, 0.15) is 5.82 Å². The monoisotopic (exact) mass is 295 g/mol. The summed E-state index contributed by atoms with van der Waals surface area (Å²) in [6.45, 7) is 0.802. The number of rotatable bonds is 2. The minimum atomic E-state index is -0.327. The van der Waals surface area contributed by atoms with Crippen molar-refractivity contribution >= 4 is 28.8 Å². The van der Waals surface area contributed by atoms with E-state index >= 15 is 0 Å². The van der Waals surface area contributed by atoms with E-state index in [0.29, 0.717) is 5.02 Å². The predicted octanol–water partition coefficient (Wildman–Crippen LogP) is 3.42. The lowest BCUT2D eigenvalue weighted by atomic mass is 10.0. The van der Waals surface area contributed by atoms with Gasteiger partial charge in [0.05, 0.1) is 6.04 Å². The molecule has 1 aliphatic heterocycles. The van der Waals surface area contributed by atoms with Crippen LogP contribution in [0.15, 0.2) is 34.8 Å². The Hall–Kier alpha value is -1.46. The summed E-state index contributed by atoms with van der Waals surface area (Å²) >= 11 is 7.63. The van der Waals surface area contributed by atoms with Crippen LogP contribution in [0.3, 0.4) is 0 Å². The fraction of sp³-hybridized carbons (Fsp3) is 0.231. The van der Waals surface area contributed by atoms with Gasteiger partial charge in [-0.05, 0) is 24.1 Å². The van der Waals surface area contributed by atoms with Gasteiger partial charge < -0.3 is 5.32 Å². The molecule has 0 spiro atoms. The number of nitrogens with one attached hydrogen (secondary N) is 1. The summed E-state index contributed by atoms with van der Waals surface area (Å²) in [4.78, 5) is 8.87. The van der Waals surface area contributed by atoms with E-state index in [1.54, 1.807) is 12.3 Å². The number of nitrogens with zero attached hydrogens (tertiary/aromatic N) is 2. The minimum Gasteiger partial charge on any atom is -0.368 e. The number of hydrogen-bond acceptors (Lipinski definition) is 4. The van der Waals surface area contributed by atoms with Crippen molar-refractivity contribution in [2.45, 2.75) is 12.5 Å². The average molecular weight is 296 g/mol. The summed E-state index contributed by atoms with van der Waals surface area (Å²) in [7, 11) is 0. The molecule has 0 saturated heterocycles. The van der Waals surface area contributed by atoms with Gasteiger partial charge in [0.15, 0.2) is 10.8 Å². The number of hydrogen-bond donors (Lipinski definition) is 1. The van der Waals surface area contributed by atoms with Crippen molar-refractivity contribution in [1.29, 1.82) is 0 Å². The molecule has 19 heavy (non-hydrogen) atoms. The lowest BCUT2D eigenvalue weighted by molar-refractivity contribution is 0.598. The molecule has 6 heteroatoms. The molecular formula is C13H11ClFN3S. The Labute approximate surface area is 119 Å². The van der Waals surface area contributed by atoms with Crippen molar-refractivity contribution in [3.05, 3.63) is 51.2 Å². The maximum Gasteiger partial charge on any atom is 0.158 e. The largest absolute Gasteiger partial charge is 0.368 e. The fourth-order valence-corrected chi connectivity index (χ4v) is 2.96. The van der Waals surface area contributed by atoms with E-state index in [1.165, 1.54) is 23.5 Å². The maximum atomic E-state index is 13.1. The van der Waals surface area contributed by atoms with Crippen molar-refractivity contribution < 1.29 is 4.39 Å². The first kappa shape index (κ1) is 12.6. The molecular weight excluding hydrogens is 285 g/mol. The van der Waals surface area contributed by atoms with E-state index in [-0.39, 0.29) is 11.9 Å². The van der Waals surface area contributed by atoms with Crippen molar-refractivity contribution in [3.8, 4) is 0 Å². The van der Waals surface area contributed by atoms with Gasteiger partial charge in [-0.15, -0.1) is 11.3 Å². The first-order chi connectivity index (χ1) is 9.24. The second-order valence-electron chi connectivity index (χ2n) is 4.21. The highest BCUT2D eigenvalue weighted by Gasteiger charge is 2.20. The Morgan fingerprint density at radius 2 is 2.32 bits per heavy atom. The molecule has 3 nitrogen and oxygen atoms in total. The Morgan fingerprint density at radius 1 is 1.42 bits per heavy atom. The van der Waals surface area contributed by atoms with Crippen LogP contribution in [-0.4, -0.2) is 17.4 Å². The molecule has 0 saturated carbocycles. The maximum absolute atomic E-state index is 13.1. The van der Waals surface area contributed by atoms with Crippen LogP contribution in [0.1, 0.15) is 23.0 Å². The number of halogens is 2. The van der Waals surface area contributed by atoms with Gasteiger partial charge in [0.2, 0.25) is 0 Å². The highest BCUT2D eigenvalue weighted by Crippen LogP contribution is 2.30. The zero-order valence-corrected chi connectivity index (χ0v) is 11.5. The Morgan fingerprint density at radius 3 is 3.05 bits per heavy atom. The normalized spacial score (nSPS) is 18.8. The topological polar surface area (TPSA) is 37.3 Å². The molecule has 3 rings (SSSR count). The predicted molar refractivity (Wildman–Crippen MR) is 75.4 cm³/mol. The summed E-state index contributed by atoms with van der Waals surface area (Å²) in [5.41, 5.74) is 0.860. The second-order valence-corrected chi connectivity index (χ2v) is 5.51. The van der Waals surface area contributed by atoms with E-state index < -0.39 is 0 Å². The number of aliphatic imine (C=N–C) groups is 1. The number of amidine groups is 1. The first-order valence-corrected chi connectivity index (χ1v) is 7.16. The van der Waals surface area contributed by atoms with Crippen LogP contribution in [0.5, 0.6) is 0 Å². The van der Waals surface area contributed by atoms with Crippen molar-refractivity contribution in [2.24, 2.45) is 4.99 Å². The number of benzene rings is 1.